The van der Waals surface area contributed by atoms with E-state index in [9.17, 15) is 33.0 Å². The van der Waals surface area contributed by atoms with Crippen molar-refractivity contribution in [2.75, 3.05) is 18.0 Å². The summed E-state index contributed by atoms with van der Waals surface area (Å²) in [5, 5.41) is 18.6. The van der Waals surface area contributed by atoms with Crippen molar-refractivity contribution in [2.24, 2.45) is 0 Å². The maximum absolute atomic E-state index is 14.7. The summed E-state index contributed by atoms with van der Waals surface area (Å²) in [7, 11) is 0. The highest BCUT2D eigenvalue weighted by Crippen LogP contribution is 2.26. The molecule has 0 unspecified atom stereocenters. The van der Waals surface area contributed by atoms with Crippen molar-refractivity contribution in [2.45, 2.75) is 12.5 Å². The molecule has 0 bridgehead atoms. The third-order valence-corrected chi connectivity index (χ3v) is 4.62. The summed E-state index contributed by atoms with van der Waals surface area (Å²) >= 11 is 0. The third-order valence-electron chi connectivity index (χ3n) is 4.62. The highest BCUT2D eigenvalue weighted by molar-refractivity contribution is 5.92. The van der Waals surface area contributed by atoms with Gasteiger partial charge in [-0.15, -0.1) is 0 Å². The van der Waals surface area contributed by atoms with Crippen molar-refractivity contribution in [1.82, 2.24) is 14.5 Å². The van der Waals surface area contributed by atoms with Gasteiger partial charge in [-0.25, -0.2) is 27.9 Å². The molecule has 1 fully saturated rings. The molecule has 1 aliphatic heterocycles. The highest BCUT2D eigenvalue weighted by Gasteiger charge is 2.26. The number of aliphatic hydroxyl groups is 1. The monoisotopic (exact) mass is 406 g/mol. The van der Waals surface area contributed by atoms with Gasteiger partial charge in [0.2, 0.25) is 5.43 Å². The van der Waals surface area contributed by atoms with Gasteiger partial charge in [-0.1, -0.05) is 0 Å². The van der Waals surface area contributed by atoms with Gasteiger partial charge in [0, 0.05) is 25.4 Å². The van der Waals surface area contributed by atoms with E-state index in [4.69, 9.17) is 0 Å². The highest BCUT2D eigenvalue weighted by atomic mass is 19.1. The Balaban J connectivity index is 2.05. The quantitative estimate of drug-likeness (QED) is 0.678. The van der Waals surface area contributed by atoms with Gasteiger partial charge < -0.3 is 15.1 Å². The zero-order valence-electron chi connectivity index (χ0n) is 14.6. The Morgan fingerprint density at radius 1 is 1.17 bits per heavy atom. The Bertz CT molecular complexity index is 1210. The predicted molar refractivity (Wildman–Crippen MR) is 94.8 cm³/mol. The van der Waals surface area contributed by atoms with E-state index in [-0.39, 0.29) is 18.0 Å². The van der Waals surface area contributed by atoms with Crippen molar-refractivity contribution in [1.29, 1.82) is 0 Å². The van der Waals surface area contributed by atoms with Gasteiger partial charge in [-0.05, 0) is 12.5 Å². The Morgan fingerprint density at radius 3 is 2.52 bits per heavy atom. The largest absolute Gasteiger partial charge is 0.477 e. The van der Waals surface area contributed by atoms with Gasteiger partial charge in [-0.3, -0.25) is 9.36 Å². The molecule has 3 aromatic rings. The van der Waals surface area contributed by atoms with Crippen LogP contribution in [0.25, 0.3) is 16.9 Å². The van der Waals surface area contributed by atoms with E-state index in [1.807, 2.05) is 0 Å². The minimum Gasteiger partial charge on any atom is -0.477 e. The SMILES string of the molecule is O=C(O)c1cn(-c2ncc(F)cc2F)c2nc(N3CC[C@H](O)C3)c(F)cc2c1=O. The number of carboxylic acids is 1. The summed E-state index contributed by atoms with van der Waals surface area (Å²) in [5.41, 5.74) is -2.02. The lowest BCUT2D eigenvalue weighted by atomic mass is 10.2. The van der Waals surface area contributed by atoms with Crippen LogP contribution < -0.4 is 10.3 Å². The van der Waals surface area contributed by atoms with E-state index in [0.29, 0.717) is 25.2 Å². The van der Waals surface area contributed by atoms with E-state index >= 15 is 0 Å². The fourth-order valence-electron chi connectivity index (χ4n) is 3.27. The van der Waals surface area contributed by atoms with Crippen molar-refractivity contribution < 1.29 is 28.2 Å². The number of pyridine rings is 3. The number of aromatic nitrogens is 3. The molecule has 29 heavy (non-hydrogen) atoms. The fraction of sp³-hybridized carbons (Fsp3) is 0.222. The summed E-state index contributed by atoms with van der Waals surface area (Å²) in [6.07, 6.45) is 1.23. The molecule has 11 heteroatoms. The van der Waals surface area contributed by atoms with Crippen LogP contribution in [0.5, 0.6) is 0 Å². The average molecular weight is 406 g/mol. The molecule has 4 rings (SSSR count). The molecule has 4 heterocycles. The number of halogens is 3. The number of hydrogen-bond donors (Lipinski definition) is 2. The second kappa shape index (κ2) is 6.85. The minimum atomic E-state index is -1.61. The summed E-state index contributed by atoms with van der Waals surface area (Å²) in [5.74, 6) is -5.29. The maximum Gasteiger partial charge on any atom is 0.341 e. The molecule has 0 saturated carbocycles. The molecule has 0 aromatic carbocycles. The first-order chi connectivity index (χ1) is 13.8. The summed E-state index contributed by atoms with van der Waals surface area (Å²) in [6, 6.07) is 1.35. The first-order valence-electron chi connectivity index (χ1n) is 8.50. The first-order valence-corrected chi connectivity index (χ1v) is 8.50. The van der Waals surface area contributed by atoms with Gasteiger partial charge in [0.25, 0.3) is 0 Å². The number of carboxylic acid groups (broad SMARTS) is 1. The number of fused-ring (bicyclic) bond motifs is 1. The van der Waals surface area contributed by atoms with Gasteiger partial charge in [0.1, 0.15) is 11.4 Å². The third kappa shape index (κ3) is 3.18. The zero-order chi connectivity index (χ0) is 20.9. The van der Waals surface area contributed by atoms with Crippen LogP contribution in [0.1, 0.15) is 16.8 Å². The Hall–Kier alpha value is -3.47. The zero-order valence-corrected chi connectivity index (χ0v) is 14.6. The van der Waals surface area contributed by atoms with E-state index in [0.717, 1.165) is 16.8 Å². The van der Waals surface area contributed by atoms with Crippen molar-refractivity contribution in [3.8, 4) is 5.82 Å². The Labute approximate surface area is 160 Å². The number of rotatable bonds is 3. The van der Waals surface area contributed by atoms with Gasteiger partial charge >= 0.3 is 5.97 Å². The minimum absolute atomic E-state index is 0.107. The second-order valence-electron chi connectivity index (χ2n) is 6.56. The van der Waals surface area contributed by atoms with Crippen LogP contribution in [0, 0.1) is 17.5 Å². The van der Waals surface area contributed by atoms with E-state index in [1.165, 1.54) is 4.90 Å². The lowest BCUT2D eigenvalue weighted by Crippen LogP contribution is -2.25. The van der Waals surface area contributed by atoms with Crippen LogP contribution in [-0.4, -0.2) is 49.9 Å². The number of anilines is 1. The smallest absolute Gasteiger partial charge is 0.341 e. The van der Waals surface area contributed by atoms with Gasteiger partial charge in [-0.2, -0.15) is 0 Å². The lowest BCUT2D eigenvalue weighted by molar-refractivity contribution is 0.0695. The summed E-state index contributed by atoms with van der Waals surface area (Å²) in [6.45, 7) is 0.410. The number of aromatic carboxylic acids is 1. The average Bonchev–Trinajstić information content (AvgIpc) is 3.08. The molecule has 0 aliphatic carbocycles. The van der Waals surface area contributed by atoms with E-state index < -0.39 is 51.7 Å². The standard InChI is InChI=1S/C18H13F3N4O4/c19-8-3-12(20)16(22-5-8)25-7-11(18(28)29)14(27)10-4-13(21)17(23-15(10)25)24-2-1-9(26)6-24/h3-5,7,9,26H,1-2,6H2,(H,28,29)/t9-/m0/s1. The van der Waals surface area contributed by atoms with Crippen molar-refractivity contribution in [3.63, 3.8) is 0 Å². The fourth-order valence-corrected chi connectivity index (χ4v) is 3.27. The van der Waals surface area contributed by atoms with E-state index in [1.54, 1.807) is 0 Å². The maximum atomic E-state index is 14.7. The first kappa shape index (κ1) is 18.9. The van der Waals surface area contributed by atoms with Gasteiger partial charge in [0.05, 0.1) is 17.7 Å². The summed E-state index contributed by atoms with van der Waals surface area (Å²) in [4.78, 5) is 33.1. The molecule has 0 radical (unpaired) electrons. The number of β-amino-alcohol motifs (C(OH)–C–C–N with tert-alkyl or cyclic N) is 1. The number of aliphatic hydroxyl groups excluding tert-OH is 1. The lowest BCUT2D eigenvalue weighted by Gasteiger charge is -2.19. The normalized spacial score (nSPS) is 16.6. The van der Waals surface area contributed by atoms with Crippen LogP contribution in [-0.2, 0) is 0 Å². The molecule has 1 aliphatic rings. The molecule has 1 saturated heterocycles. The molecular formula is C18H13F3N4O4. The summed E-state index contributed by atoms with van der Waals surface area (Å²) < 4.78 is 43.1. The predicted octanol–water partition coefficient (Wildman–Crippen LogP) is 1.47. The number of nitrogens with zero attached hydrogens (tertiary/aromatic N) is 4. The molecule has 2 N–H and O–H groups in total. The van der Waals surface area contributed by atoms with Crippen molar-refractivity contribution >= 4 is 22.8 Å². The molecule has 0 spiro atoms. The van der Waals surface area contributed by atoms with Crippen LogP contribution in [0.3, 0.4) is 0 Å². The molecular weight excluding hydrogens is 393 g/mol. The van der Waals surface area contributed by atoms with E-state index in [2.05, 4.69) is 9.97 Å². The Morgan fingerprint density at radius 2 is 1.90 bits per heavy atom. The van der Waals surface area contributed by atoms with Crippen LogP contribution in [0.2, 0.25) is 0 Å². The van der Waals surface area contributed by atoms with Crippen LogP contribution in [0.15, 0.2) is 29.3 Å². The molecule has 1 atom stereocenters. The second-order valence-corrected chi connectivity index (χ2v) is 6.56. The molecule has 150 valence electrons. The Kier molecular flexibility index (Phi) is 4.46. The van der Waals surface area contributed by atoms with Crippen LogP contribution >= 0.6 is 0 Å². The molecule has 0 amide bonds. The molecule has 8 nitrogen and oxygen atoms in total. The van der Waals surface area contributed by atoms with Crippen molar-refractivity contribution in [3.05, 3.63) is 57.8 Å². The van der Waals surface area contributed by atoms with Crippen LogP contribution in [0.4, 0.5) is 19.0 Å². The number of carbonyl (C=O) groups is 1. The topological polar surface area (TPSA) is 109 Å². The number of hydrogen-bond acceptors (Lipinski definition) is 6. The molecule has 3 aromatic heterocycles. The van der Waals surface area contributed by atoms with Gasteiger partial charge in [0.15, 0.2) is 28.9 Å².